The first kappa shape index (κ1) is 11.6. The van der Waals surface area contributed by atoms with E-state index in [1.165, 1.54) is 4.90 Å². The number of likely N-dealkylation sites (tertiary alicyclic amines) is 1. The second kappa shape index (κ2) is 4.99. The van der Waals surface area contributed by atoms with Crippen LogP contribution in [0.4, 0.5) is 5.69 Å². The van der Waals surface area contributed by atoms with Gasteiger partial charge in [0.1, 0.15) is 6.04 Å². The highest BCUT2D eigenvalue weighted by atomic mass is 16.2. The van der Waals surface area contributed by atoms with E-state index in [9.17, 15) is 9.59 Å². The van der Waals surface area contributed by atoms with Crippen LogP contribution >= 0.6 is 0 Å². The Morgan fingerprint density at radius 3 is 2.65 bits per heavy atom. The zero-order valence-corrected chi connectivity index (χ0v) is 9.85. The molecule has 1 fully saturated rings. The highest BCUT2D eigenvalue weighted by Crippen LogP contribution is 2.18. The Hall–Kier alpha value is -1.84. The summed E-state index contributed by atoms with van der Waals surface area (Å²) in [7, 11) is 0. The van der Waals surface area contributed by atoms with Crippen molar-refractivity contribution in [3.05, 3.63) is 30.3 Å². The van der Waals surface area contributed by atoms with Crippen LogP contribution in [0.2, 0.25) is 0 Å². The smallest absolute Gasteiger partial charge is 0.252 e. The summed E-state index contributed by atoms with van der Waals surface area (Å²) in [6, 6.07) is 9.08. The van der Waals surface area contributed by atoms with E-state index in [0.29, 0.717) is 6.54 Å². The molecule has 2 rings (SSSR count). The predicted molar refractivity (Wildman–Crippen MR) is 65.5 cm³/mol. The zero-order valence-electron chi connectivity index (χ0n) is 9.85. The molecule has 0 aliphatic carbocycles. The maximum Gasteiger partial charge on any atom is 0.252 e. The van der Waals surface area contributed by atoms with E-state index in [2.05, 4.69) is 5.32 Å². The van der Waals surface area contributed by atoms with Gasteiger partial charge < -0.3 is 5.32 Å². The summed E-state index contributed by atoms with van der Waals surface area (Å²) < 4.78 is 0. The van der Waals surface area contributed by atoms with E-state index in [1.54, 1.807) is 0 Å². The minimum atomic E-state index is -0.406. The second-order valence-electron chi connectivity index (χ2n) is 4.15. The fourth-order valence-corrected chi connectivity index (χ4v) is 1.99. The number of amides is 2. The Morgan fingerprint density at radius 2 is 2.00 bits per heavy atom. The molecule has 1 aliphatic rings. The van der Waals surface area contributed by atoms with Crippen LogP contribution in [-0.4, -0.2) is 29.3 Å². The van der Waals surface area contributed by atoms with Gasteiger partial charge in [0.2, 0.25) is 5.91 Å². The number of para-hydroxylation sites is 1. The Morgan fingerprint density at radius 1 is 1.29 bits per heavy atom. The average Bonchev–Trinajstić information content (AvgIpc) is 2.59. The van der Waals surface area contributed by atoms with Crippen molar-refractivity contribution in [2.24, 2.45) is 0 Å². The summed E-state index contributed by atoms with van der Waals surface area (Å²) in [6.45, 7) is 2.48. The van der Waals surface area contributed by atoms with Crippen molar-refractivity contribution in [3.8, 4) is 0 Å². The Balaban J connectivity index is 2.04. The van der Waals surface area contributed by atoms with Crippen molar-refractivity contribution in [1.29, 1.82) is 0 Å². The van der Waals surface area contributed by atoms with Crippen LogP contribution in [0.3, 0.4) is 0 Å². The molecule has 4 nitrogen and oxygen atoms in total. The SMILES string of the molecule is CCCN1C(=O)CC(Nc2ccccc2)C1=O. The van der Waals surface area contributed by atoms with Crippen molar-refractivity contribution in [3.63, 3.8) is 0 Å². The summed E-state index contributed by atoms with van der Waals surface area (Å²) >= 11 is 0. The summed E-state index contributed by atoms with van der Waals surface area (Å²) in [6.07, 6.45) is 1.06. The zero-order chi connectivity index (χ0) is 12.3. The molecular weight excluding hydrogens is 216 g/mol. The standard InChI is InChI=1S/C13H16N2O2/c1-2-8-15-12(16)9-11(13(15)17)14-10-6-4-3-5-7-10/h3-7,11,14H,2,8-9H2,1H3. The molecule has 1 saturated heterocycles. The molecule has 4 heteroatoms. The van der Waals surface area contributed by atoms with Crippen molar-refractivity contribution in [2.45, 2.75) is 25.8 Å². The lowest BCUT2D eigenvalue weighted by Gasteiger charge is -2.14. The van der Waals surface area contributed by atoms with Crippen molar-refractivity contribution < 1.29 is 9.59 Å². The van der Waals surface area contributed by atoms with Gasteiger partial charge >= 0.3 is 0 Å². The number of hydrogen-bond donors (Lipinski definition) is 1. The van der Waals surface area contributed by atoms with Crippen LogP contribution in [0.15, 0.2) is 30.3 Å². The van der Waals surface area contributed by atoms with Gasteiger partial charge in [-0.1, -0.05) is 25.1 Å². The molecule has 0 saturated carbocycles. The Bertz CT molecular complexity index is 417. The minimum Gasteiger partial charge on any atom is -0.373 e. The molecule has 1 atom stereocenters. The summed E-state index contributed by atoms with van der Waals surface area (Å²) in [5.74, 6) is -0.189. The molecule has 1 aromatic carbocycles. The lowest BCUT2D eigenvalue weighted by Crippen LogP contribution is -2.35. The highest BCUT2D eigenvalue weighted by molar-refractivity contribution is 6.06. The van der Waals surface area contributed by atoms with E-state index >= 15 is 0 Å². The van der Waals surface area contributed by atoms with E-state index in [4.69, 9.17) is 0 Å². The van der Waals surface area contributed by atoms with E-state index in [0.717, 1.165) is 12.1 Å². The number of hydrogen-bond acceptors (Lipinski definition) is 3. The first-order valence-corrected chi connectivity index (χ1v) is 5.88. The molecule has 0 aromatic heterocycles. The number of benzene rings is 1. The fourth-order valence-electron chi connectivity index (χ4n) is 1.99. The summed E-state index contributed by atoms with van der Waals surface area (Å²) in [5, 5.41) is 3.10. The number of carbonyl (C=O) groups excluding carboxylic acids is 2. The first-order valence-electron chi connectivity index (χ1n) is 5.88. The van der Waals surface area contributed by atoms with Gasteiger partial charge in [0.05, 0.1) is 6.42 Å². The van der Waals surface area contributed by atoms with Gasteiger partial charge in [-0.15, -0.1) is 0 Å². The van der Waals surface area contributed by atoms with Crippen LogP contribution < -0.4 is 5.32 Å². The largest absolute Gasteiger partial charge is 0.373 e. The van der Waals surface area contributed by atoms with E-state index in [-0.39, 0.29) is 18.2 Å². The van der Waals surface area contributed by atoms with Crippen LogP contribution in [0.1, 0.15) is 19.8 Å². The number of anilines is 1. The van der Waals surface area contributed by atoms with Crippen molar-refractivity contribution in [2.75, 3.05) is 11.9 Å². The van der Waals surface area contributed by atoms with Crippen LogP contribution in [0, 0.1) is 0 Å². The predicted octanol–water partition coefficient (Wildman–Crippen LogP) is 1.64. The third-order valence-corrected chi connectivity index (χ3v) is 2.81. The summed E-state index contributed by atoms with van der Waals surface area (Å²) in [4.78, 5) is 24.9. The molecule has 2 amide bonds. The van der Waals surface area contributed by atoms with Gasteiger partial charge in [-0.3, -0.25) is 14.5 Å². The normalized spacial score (nSPS) is 19.8. The topological polar surface area (TPSA) is 49.4 Å². The van der Waals surface area contributed by atoms with Crippen LogP contribution in [0.5, 0.6) is 0 Å². The molecule has 0 spiro atoms. The number of rotatable bonds is 4. The monoisotopic (exact) mass is 232 g/mol. The van der Waals surface area contributed by atoms with Gasteiger partial charge in [-0.05, 0) is 18.6 Å². The molecule has 0 bridgehead atoms. The molecule has 17 heavy (non-hydrogen) atoms. The molecule has 1 aliphatic heterocycles. The number of nitrogens with one attached hydrogen (secondary N) is 1. The van der Waals surface area contributed by atoms with Crippen LogP contribution in [0.25, 0.3) is 0 Å². The quantitative estimate of drug-likeness (QED) is 0.803. The molecule has 1 heterocycles. The Labute approximate surface area is 101 Å². The van der Waals surface area contributed by atoms with Gasteiger partial charge in [0.15, 0.2) is 0 Å². The second-order valence-corrected chi connectivity index (χ2v) is 4.15. The molecular formula is C13H16N2O2. The average molecular weight is 232 g/mol. The van der Waals surface area contributed by atoms with Crippen molar-refractivity contribution >= 4 is 17.5 Å². The molecule has 1 aromatic rings. The number of nitrogens with zero attached hydrogens (tertiary/aromatic N) is 1. The minimum absolute atomic E-state index is 0.0784. The van der Waals surface area contributed by atoms with E-state index in [1.807, 2.05) is 37.3 Å². The van der Waals surface area contributed by atoms with Gasteiger partial charge in [-0.25, -0.2) is 0 Å². The maximum absolute atomic E-state index is 12.0. The lowest BCUT2D eigenvalue weighted by molar-refractivity contribution is -0.138. The number of carbonyl (C=O) groups is 2. The molecule has 0 radical (unpaired) electrons. The Kier molecular flexibility index (Phi) is 3.42. The van der Waals surface area contributed by atoms with Gasteiger partial charge in [0.25, 0.3) is 5.91 Å². The van der Waals surface area contributed by atoms with Crippen molar-refractivity contribution in [1.82, 2.24) is 4.90 Å². The summed E-state index contributed by atoms with van der Waals surface area (Å²) in [5.41, 5.74) is 0.872. The van der Waals surface area contributed by atoms with Gasteiger partial charge in [0, 0.05) is 12.2 Å². The molecule has 1 unspecified atom stereocenters. The molecule has 1 N–H and O–H groups in total. The maximum atomic E-state index is 12.0. The van der Waals surface area contributed by atoms with Gasteiger partial charge in [-0.2, -0.15) is 0 Å². The highest BCUT2D eigenvalue weighted by Gasteiger charge is 2.37. The molecule has 90 valence electrons. The first-order chi connectivity index (χ1) is 8.22. The third kappa shape index (κ3) is 2.46. The van der Waals surface area contributed by atoms with Crippen LogP contribution in [-0.2, 0) is 9.59 Å². The van der Waals surface area contributed by atoms with E-state index < -0.39 is 6.04 Å². The third-order valence-electron chi connectivity index (χ3n) is 2.81. The lowest BCUT2D eigenvalue weighted by atomic mass is 10.2. The fraction of sp³-hybridized carbons (Fsp3) is 0.385. The number of imide groups is 1.